The summed E-state index contributed by atoms with van der Waals surface area (Å²) < 4.78 is 0.728. The Kier molecular flexibility index (Phi) is 6.13. The molecule has 0 aliphatic heterocycles. The predicted octanol–water partition coefficient (Wildman–Crippen LogP) is 5.28. The van der Waals surface area contributed by atoms with Gasteiger partial charge in [-0.2, -0.15) is 0 Å². The van der Waals surface area contributed by atoms with Crippen LogP contribution in [-0.2, 0) is 4.79 Å². The number of para-hydroxylation sites is 1. The molecule has 0 aliphatic rings. The van der Waals surface area contributed by atoms with Gasteiger partial charge in [0, 0.05) is 5.69 Å². The first-order valence-electron chi connectivity index (χ1n) is 7.86. The molecular weight excluding hydrogens is 388 g/mol. The van der Waals surface area contributed by atoms with E-state index in [0.717, 1.165) is 21.2 Å². The number of benzene rings is 2. The van der Waals surface area contributed by atoms with Crippen LogP contribution < -0.4 is 10.6 Å². The summed E-state index contributed by atoms with van der Waals surface area (Å²) in [5.74, 6) is 0.104. The number of hydrogen-bond donors (Lipinski definition) is 2. The SMILES string of the molecule is Cc1ccc(NC(=O)CSc2nnc(Nc3ccccc3C)s2)c(Cl)c1. The molecule has 5 nitrogen and oxygen atoms in total. The number of rotatable bonds is 6. The van der Waals surface area contributed by atoms with Gasteiger partial charge in [0.15, 0.2) is 4.34 Å². The molecule has 0 unspecified atom stereocenters. The standard InChI is InChI=1S/C18H17ClN4OS2/c1-11-7-8-15(13(19)9-11)20-16(24)10-25-18-23-22-17(26-18)21-14-6-4-3-5-12(14)2/h3-9H,10H2,1-2H3,(H,20,24)(H,21,22). The Bertz CT molecular complexity index is 929. The van der Waals surface area contributed by atoms with E-state index in [1.54, 1.807) is 6.07 Å². The normalized spacial score (nSPS) is 10.6. The molecular formula is C18H17ClN4OS2. The molecule has 0 atom stereocenters. The molecule has 3 rings (SSSR count). The smallest absolute Gasteiger partial charge is 0.234 e. The van der Waals surface area contributed by atoms with Crippen LogP contribution in [0.15, 0.2) is 46.8 Å². The number of anilines is 3. The lowest BCUT2D eigenvalue weighted by Crippen LogP contribution is -2.14. The van der Waals surface area contributed by atoms with Crippen LogP contribution in [0.1, 0.15) is 11.1 Å². The van der Waals surface area contributed by atoms with Crippen LogP contribution in [0.25, 0.3) is 0 Å². The fourth-order valence-corrected chi connectivity index (χ4v) is 4.03. The molecule has 3 aromatic rings. The second kappa shape index (κ2) is 8.53. The molecule has 1 amide bonds. The Balaban J connectivity index is 1.54. The molecule has 0 saturated heterocycles. The van der Waals surface area contributed by atoms with Crippen LogP contribution in [0.4, 0.5) is 16.5 Å². The zero-order valence-corrected chi connectivity index (χ0v) is 16.6. The van der Waals surface area contributed by atoms with Crippen molar-refractivity contribution in [3.63, 3.8) is 0 Å². The maximum atomic E-state index is 12.1. The third-order valence-electron chi connectivity index (χ3n) is 3.52. The molecule has 8 heteroatoms. The van der Waals surface area contributed by atoms with Crippen molar-refractivity contribution in [2.75, 3.05) is 16.4 Å². The third-order valence-corrected chi connectivity index (χ3v) is 5.80. The lowest BCUT2D eigenvalue weighted by Gasteiger charge is -2.07. The molecule has 2 aromatic carbocycles. The van der Waals surface area contributed by atoms with E-state index in [9.17, 15) is 4.79 Å². The zero-order chi connectivity index (χ0) is 18.5. The summed E-state index contributed by atoms with van der Waals surface area (Å²) in [5.41, 5.74) is 3.78. The van der Waals surface area contributed by atoms with Gasteiger partial charge in [-0.25, -0.2) is 0 Å². The van der Waals surface area contributed by atoms with Crippen LogP contribution in [-0.4, -0.2) is 21.9 Å². The summed E-state index contributed by atoms with van der Waals surface area (Å²) >= 11 is 8.89. The van der Waals surface area contributed by atoms with E-state index >= 15 is 0 Å². The van der Waals surface area contributed by atoms with Gasteiger partial charge in [-0.3, -0.25) is 4.79 Å². The topological polar surface area (TPSA) is 66.9 Å². The number of carbonyl (C=O) groups is 1. The van der Waals surface area contributed by atoms with Crippen LogP contribution >= 0.6 is 34.7 Å². The van der Waals surface area contributed by atoms with Gasteiger partial charge in [0.05, 0.1) is 16.5 Å². The van der Waals surface area contributed by atoms with Gasteiger partial charge in [0.2, 0.25) is 11.0 Å². The van der Waals surface area contributed by atoms with Gasteiger partial charge in [0.25, 0.3) is 0 Å². The number of thioether (sulfide) groups is 1. The Morgan fingerprint density at radius 3 is 2.73 bits per heavy atom. The third kappa shape index (κ3) is 4.97. The Morgan fingerprint density at radius 2 is 1.96 bits per heavy atom. The van der Waals surface area contributed by atoms with E-state index < -0.39 is 0 Å². The zero-order valence-electron chi connectivity index (χ0n) is 14.2. The molecule has 134 valence electrons. The number of halogens is 1. The number of hydrogen-bond acceptors (Lipinski definition) is 6. The molecule has 0 fully saturated rings. The highest BCUT2D eigenvalue weighted by atomic mass is 35.5. The van der Waals surface area contributed by atoms with E-state index in [2.05, 4.69) is 20.8 Å². The fourth-order valence-electron chi connectivity index (χ4n) is 2.18. The summed E-state index contributed by atoms with van der Waals surface area (Å²) in [5, 5.41) is 15.5. The van der Waals surface area contributed by atoms with Crippen molar-refractivity contribution in [3.05, 3.63) is 58.6 Å². The first-order valence-corrected chi connectivity index (χ1v) is 10.0. The molecule has 26 heavy (non-hydrogen) atoms. The first-order chi connectivity index (χ1) is 12.5. The minimum atomic E-state index is -0.135. The van der Waals surface area contributed by atoms with Crippen molar-refractivity contribution < 1.29 is 4.79 Å². The summed E-state index contributed by atoms with van der Waals surface area (Å²) in [6, 6.07) is 13.5. The van der Waals surface area contributed by atoms with E-state index in [1.807, 2.05) is 50.2 Å². The fraction of sp³-hybridized carbons (Fsp3) is 0.167. The van der Waals surface area contributed by atoms with Crippen LogP contribution in [0.5, 0.6) is 0 Å². The maximum Gasteiger partial charge on any atom is 0.234 e. The lowest BCUT2D eigenvalue weighted by molar-refractivity contribution is -0.113. The lowest BCUT2D eigenvalue weighted by atomic mass is 10.2. The van der Waals surface area contributed by atoms with Crippen LogP contribution in [0.3, 0.4) is 0 Å². The van der Waals surface area contributed by atoms with Crippen molar-refractivity contribution in [2.45, 2.75) is 18.2 Å². The summed E-state index contributed by atoms with van der Waals surface area (Å²) in [6.07, 6.45) is 0. The molecule has 2 N–H and O–H groups in total. The Morgan fingerprint density at radius 1 is 1.15 bits per heavy atom. The summed E-state index contributed by atoms with van der Waals surface area (Å²) in [4.78, 5) is 12.1. The van der Waals surface area contributed by atoms with Gasteiger partial charge >= 0.3 is 0 Å². The second-order valence-electron chi connectivity index (χ2n) is 5.63. The minimum absolute atomic E-state index is 0.135. The Labute approximate surface area is 165 Å². The van der Waals surface area contributed by atoms with Gasteiger partial charge < -0.3 is 10.6 Å². The van der Waals surface area contributed by atoms with Crippen LogP contribution in [0.2, 0.25) is 5.02 Å². The van der Waals surface area contributed by atoms with E-state index in [1.165, 1.54) is 23.1 Å². The number of aromatic nitrogens is 2. The number of nitrogens with one attached hydrogen (secondary N) is 2. The highest BCUT2D eigenvalue weighted by Gasteiger charge is 2.10. The molecule has 0 spiro atoms. The van der Waals surface area contributed by atoms with Gasteiger partial charge in [-0.05, 0) is 43.2 Å². The van der Waals surface area contributed by atoms with Crippen LogP contribution in [0, 0.1) is 13.8 Å². The molecule has 0 bridgehead atoms. The molecule has 1 aromatic heterocycles. The van der Waals surface area contributed by atoms with Gasteiger partial charge in [-0.15, -0.1) is 10.2 Å². The highest BCUT2D eigenvalue weighted by molar-refractivity contribution is 8.01. The average molecular weight is 405 g/mol. The summed E-state index contributed by atoms with van der Waals surface area (Å²) in [7, 11) is 0. The Hall–Kier alpha value is -2.09. The number of nitrogens with zero attached hydrogens (tertiary/aromatic N) is 2. The van der Waals surface area contributed by atoms with E-state index in [0.29, 0.717) is 15.8 Å². The van der Waals surface area contributed by atoms with Crippen molar-refractivity contribution in [1.29, 1.82) is 0 Å². The summed E-state index contributed by atoms with van der Waals surface area (Å²) in [6.45, 7) is 3.98. The quantitative estimate of drug-likeness (QED) is 0.547. The molecule has 1 heterocycles. The minimum Gasteiger partial charge on any atom is -0.330 e. The van der Waals surface area contributed by atoms with E-state index in [-0.39, 0.29) is 11.7 Å². The maximum absolute atomic E-state index is 12.1. The molecule has 0 saturated carbocycles. The first kappa shape index (κ1) is 18.7. The monoisotopic (exact) mass is 404 g/mol. The number of amides is 1. The van der Waals surface area contributed by atoms with Crippen molar-refractivity contribution >= 4 is 57.1 Å². The molecule has 0 aliphatic carbocycles. The van der Waals surface area contributed by atoms with Gasteiger partial charge in [-0.1, -0.05) is 59.0 Å². The number of aryl methyl sites for hydroxylation is 2. The van der Waals surface area contributed by atoms with Crippen molar-refractivity contribution in [1.82, 2.24) is 10.2 Å². The predicted molar refractivity (Wildman–Crippen MR) is 110 cm³/mol. The molecule has 0 radical (unpaired) electrons. The van der Waals surface area contributed by atoms with Gasteiger partial charge in [0.1, 0.15) is 0 Å². The number of carbonyl (C=O) groups excluding carboxylic acids is 1. The highest BCUT2D eigenvalue weighted by Crippen LogP contribution is 2.29. The second-order valence-corrected chi connectivity index (χ2v) is 8.24. The van der Waals surface area contributed by atoms with Crippen molar-refractivity contribution in [3.8, 4) is 0 Å². The van der Waals surface area contributed by atoms with Crippen molar-refractivity contribution in [2.24, 2.45) is 0 Å². The van der Waals surface area contributed by atoms with E-state index in [4.69, 9.17) is 11.6 Å². The average Bonchev–Trinajstić information content (AvgIpc) is 3.05. The largest absolute Gasteiger partial charge is 0.330 e.